The summed E-state index contributed by atoms with van der Waals surface area (Å²) in [7, 11) is 0. The number of anilines is 2. The van der Waals surface area contributed by atoms with Crippen LogP contribution < -0.4 is 15.8 Å². The maximum Gasteiger partial charge on any atom is 0.262 e. The molecule has 0 aliphatic carbocycles. The summed E-state index contributed by atoms with van der Waals surface area (Å²) in [4.78, 5) is 11.7. The Morgan fingerprint density at radius 2 is 1.95 bits per heavy atom. The Labute approximate surface area is 128 Å². The fraction of sp³-hybridized carbons (Fsp3) is 0.0714. The lowest BCUT2D eigenvalue weighted by Crippen LogP contribution is -2.20. The minimum atomic E-state index is -1.03. The number of rotatable bonds is 4. The molecule has 0 aliphatic heterocycles. The molecule has 0 saturated heterocycles. The molecule has 0 radical (unpaired) electrons. The fourth-order valence-corrected chi connectivity index (χ4v) is 2.03. The highest BCUT2D eigenvalue weighted by molar-refractivity contribution is 9.10. The molecule has 0 heterocycles. The average Bonchev–Trinajstić information content (AvgIpc) is 2.43. The molecule has 2 rings (SSSR count). The number of ether oxygens (including phenoxy) is 1. The van der Waals surface area contributed by atoms with Gasteiger partial charge in [-0.1, -0.05) is 0 Å². The first kappa shape index (κ1) is 15.2. The van der Waals surface area contributed by atoms with Gasteiger partial charge in [-0.15, -0.1) is 0 Å². The van der Waals surface area contributed by atoms with Crippen molar-refractivity contribution in [1.29, 1.82) is 0 Å². The molecule has 7 heteroatoms. The summed E-state index contributed by atoms with van der Waals surface area (Å²) in [5.74, 6) is -2.38. The first-order chi connectivity index (χ1) is 9.95. The van der Waals surface area contributed by atoms with Crippen LogP contribution in [0.4, 0.5) is 20.2 Å². The van der Waals surface area contributed by atoms with Gasteiger partial charge in [-0.05, 0) is 46.3 Å². The monoisotopic (exact) mass is 356 g/mol. The maximum atomic E-state index is 13.0. The normalized spacial score (nSPS) is 10.2. The second kappa shape index (κ2) is 6.53. The SMILES string of the molecule is Nc1ccc(NC(=O)COc2ccc(F)c(F)c2)c(Br)c1. The van der Waals surface area contributed by atoms with Gasteiger partial charge >= 0.3 is 0 Å². The van der Waals surface area contributed by atoms with Crippen LogP contribution in [0.25, 0.3) is 0 Å². The number of nitrogen functional groups attached to an aromatic ring is 1. The topological polar surface area (TPSA) is 64.3 Å². The summed E-state index contributed by atoms with van der Waals surface area (Å²) in [5, 5.41) is 2.60. The van der Waals surface area contributed by atoms with Crippen LogP contribution in [0.15, 0.2) is 40.9 Å². The molecule has 110 valence electrons. The number of carbonyl (C=O) groups excluding carboxylic acids is 1. The molecule has 3 N–H and O–H groups in total. The van der Waals surface area contributed by atoms with Gasteiger partial charge in [0.2, 0.25) is 0 Å². The summed E-state index contributed by atoms with van der Waals surface area (Å²) in [6.07, 6.45) is 0. The third-order valence-electron chi connectivity index (χ3n) is 2.53. The molecule has 0 unspecified atom stereocenters. The first-order valence-electron chi connectivity index (χ1n) is 5.88. The second-order valence-electron chi connectivity index (χ2n) is 4.15. The number of nitrogens with two attached hydrogens (primary N) is 1. The Balaban J connectivity index is 1.94. The number of benzene rings is 2. The Hall–Kier alpha value is -2.15. The van der Waals surface area contributed by atoms with E-state index in [9.17, 15) is 13.6 Å². The maximum absolute atomic E-state index is 13.0. The van der Waals surface area contributed by atoms with Gasteiger partial charge in [0.1, 0.15) is 5.75 Å². The van der Waals surface area contributed by atoms with E-state index in [0.29, 0.717) is 15.8 Å². The smallest absolute Gasteiger partial charge is 0.262 e. The van der Waals surface area contributed by atoms with Crippen LogP contribution in [0.1, 0.15) is 0 Å². The number of hydrogen-bond donors (Lipinski definition) is 2. The Kier molecular flexibility index (Phi) is 4.74. The van der Waals surface area contributed by atoms with Crippen LogP contribution in [0, 0.1) is 11.6 Å². The van der Waals surface area contributed by atoms with Gasteiger partial charge in [0.25, 0.3) is 5.91 Å². The minimum Gasteiger partial charge on any atom is -0.484 e. The van der Waals surface area contributed by atoms with Gasteiger partial charge in [-0.2, -0.15) is 0 Å². The van der Waals surface area contributed by atoms with Gasteiger partial charge in [-0.25, -0.2) is 8.78 Å². The molecule has 0 spiro atoms. The minimum absolute atomic E-state index is 0.0698. The third kappa shape index (κ3) is 4.16. The van der Waals surface area contributed by atoms with Crippen molar-refractivity contribution in [2.24, 2.45) is 0 Å². The Morgan fingerprint density at radius 1 is 1.19 bits per heavy atom. The van der Waals surface area contributed by atoms with E-state index in [4.69, 9.17) is 10.5 Å². The standard InChI is InChI=1S/C14H11BrF2N2O2/c15-10-5-8(18)1-4-13(10)19-14(20)7-21-9-2-3-11(16)12(17)6-9/h1-6H,7,18H2,(H,19,20). The molecule has 2 aromatic carbocycles. The van der Waals surface area contributed by atoms with Crippen LogP contribution in [-0.2, 0) is 4.79 Å². The predicted octanol–water partition coefficient (Wildman–Crippen LogP) is 3.33. The predicted molar refractivity (Wildman–Crippen MR) is 79.0 cm³/mol. The average molecular weight is 357 g/mol. The zero-order valence-electron chi connectivity index (χ0n) is 10.7. The summed E-state index contributed by atoms with van der Waals surface area (Å²) in [6.45, 7) is -0.331. The lowest BCUT2D eigenvalue weighted by molar-refractivity contribution is -0.118. The molecule has 0 fully saturated rings. The molecule has 2 aromatic rings. The molecule has 0 aliphatic rings. The van der Waals surface area contributed by atoms with E-state index in [1.807, 2.05) is 0 Å². The first-order valence-corrected chi connectivity index (χ1v) is 6.68. The highest BCUT2D eigenvalue weighted by Crippen LogP contribution is 2.24. The lowest BCUT2D eigenvalue weighted by atomic mass is 10.3. The fourth-order valence-electron chi connectivity index (χ4n) is 1.53. The van der Waals surface area contributed by atoms with Crippen molar-refractivity contribution in [2.75, 3.05) is 17.7 Å². The van der Waals surface area contributed by atoms with E-state index in [-0.39, 0.29) is 12.4 Å². The van der Waals surface area contributed by atoms with E-state index < -0.39 is 17.5 Å². The zero-order chi connectivity index (χ0) is 15.4. The van der Waals surface area contributed by atoms with E-state index >= 15 is 0 Å². The Bertz CT molecular complexity index is 680. The molecule has 0 atom stereocenters. The number of carbonyl (C=O) groups is 1. The van der Waals surface area contributed by atoms with Crippen molar-refractivity contribution in [3.63, 3.8) is 0 Å². The van der Waals surface area contributed by atoms with Gasteiger partial charge in [0, 0.05) is 16.2 Å². The van der Waals surface area contributed by atoms with Crippen LogP contribution in [0.3, 0.4) is 0 Å². The number of hydrogen-bond acceptors (Lipinski definition) is 3. The third-order valence-corrected chi connectivity index (χ3v) is 3.18. The van der Waals surface area contributed by atoms with Crippen molar-refractivity contribution in [2.45, 2.75) is 0 Å². The number of amides is 1. The summed E-state index contributed by atoms with van der Waals surface area (Å²) in [5.41, 5.74) is 6.67. The molecule has 0 aromatic heterocycles. The van der Waals surface area contributed by atoms with Crippen molar-refractivity contribution in [1.82, 2.24) is 0 Å². The number of nitrogens with one attached hydrogen (secondary N) is 1. The summed E-state index contributed by atoms with van der Waals surface area (Å²) >= 11 is 3.26. The van der Waals surface area contributed by atoms with Crippen LogP contribution in [0.2, 0.25) is 0 Å². The molecule has 0 bridgehead atoms. The van der Waals surface area contributed by atoms with Crippen molar-refractivity contribution < 1.29 is 18.3 Å². The van der Waals surface area contributed by atoms with E-state index in [0.717, 1.165) is 12.1 Å². The van der Waals surface area contributed by atoms with E-state index in [2.05, 4.69) is 21.2 Å². The van der Waals surface area contributed by atoms with E-state index in [1.165, 1.54) is 6.07 Å². The number of halogens is 3. The van der Waals surface area contributed by atoms with Gasteiger partial charge < -0.3 is 15.8 Å². The molecular weight excluding hydrogens is 346 g/mol. The second-order valence-corrected chi connectivity index (χ2v) is 5.01. The van der Waals surface area contributed by atoms with Crippen LogP contribution in [0.5, 0.6) is 5.75 Å². The highest BCUT2D eigenvalue weighted by Gasteiger charge is 2.08. The Morgan fingerprint density at radius 3 is 2.62 bits per heavy atom. The largest absolute Gasteiger partial charge is 0.484 e. The van der Waals surface area contributed by atoms with Crippen LogP contribution >= 0.6 is 15.9 Å². The van der Waals surface area contributed by atoms with Crippen molar-refractivity contribution >= 4 is 33.2 Å². The summed E-state index contributed by atoms with van der Waals surface area (Å²) in [6, 6.07) is 7.96. The molecule has 1 amide bonds. The molecule has 4 nitrogen and oxygen atoms in total. The molecular formula is C14H11BrF2N2O2. The van der Waals surface area contributed by atoms with Gasteiger partial charge in [-0.3, -0.25) is 4.79 Å². The van der Waals surface area contributed by atoms with Crippen molar-refractivity contribution in [3.05, 3.63) is 52.5 Å². The zero-order valence-corrected chi connectivity index (χ0v) is 12.3. The van der Waals surface area contributed by atoms with Gasteiger partial charge in [0.15, 0.2) is 18.2 Å². The van der Waals surface area contributed by atoms with E-state index in [1.54, 1.807) is 18.2 Å². The van der Waals surface area contributed by atoms with Gasteiger partial charge in [0.05, 0.1) is 5.69 Å². The van der Waals surface area contributed by atoms with Crippen molar-refractivity contribution in [3.8, 4) is 5.75 Å². The highest BCUT2D eigenvalue weighted by atomic mass is 79.9. The molecule has 0 saturated carbocycles. The quantitative estimate of drug-likeness (QED) is 0.825. The molecule has 21 heavy (non-hydrogen) atoms. The van der Waals surface area contributed by atoms with Crippen LogP contribution in [-0.4, -0.2) is 12.5 Å². The summed E-state index contributed by atoms with van der Waals surface area (Å²) < 4.78 is 31.4. The lowest BCUT2D eigenvalue weighted by Gasteiger charge is -2.09.